The molecule has 0 heterocycles. The number of ether oxygens (including phenoxy) is 1. The molecular weight excluding hydrogens is 160 g/mol. The molecule has 0 radical (unpaired) electrons. The molecule has 0 aromatic rings. The van der Waals surface area contributed by atoms with Crippen LogP contribution in [-0.2, 0) is 4.74 Å². The van der Waals surface area contributed by atoms with Crippen LogP contribution in [0, 0.1) is 5.41 Å². The van der Waals surface area contributed by atoms with Crippen molar-refractivity contribution in [2.45, 2.75) is 58.8 Å². The Morgan fingerprint density at radius 3 is 2.38 bits per heavy atom. The van der Waals surface area contributed by atoms with E-state index in [-0.39, 0.29) is 0 Å². The van der Waals surface area contributed by atoms with Crippen molar-refractivity contribution in [3.8, 4) is 0 Å². The lowest BCUT2D eigenvalue weighted by Crippen LogP contribution is -2.33. The van der Waals surface area contributed by atoms with Crippen LogP contribution in [0.3, 0.4) is 0 Å². The van der Waals surface area contributed by atoms with Crippen molar-refractivity contribution in [1.82, 2.24) is 0 Å². The summed E-state index contributed by atoms with van der Waals surface area (Å²) in [5.41, 5.74) is 0.589. The third-order valence-corrected chi connectivity index (χ3v) is 3.46. The van der Waals surface area contributed by atoms with Crippen molar-refractivity contribution in [2.24, 2.45) is 5.41 Å². The molecular formula is C12H24O. The molecule has 78 valence electrons. The molecule has 1 saturated carbocycles. The van der Waals surface area contributed by atoms with Gasteiger partial charge in [-0.2, -0.15) is 0 Å². The maximum Gasteiger partial charge on any atom is 0.0522 e. The maximum atomic E-state index is 5.73. The van der Waals surface area contributed by atoms with E-state index in [2.05, 4.69) is 13.8 Å². The summed E-state index contributed by atoms with van der Waals surface area (Å²) < 4.78 is 5.73. The molecule has 1 aliphatic rings. The van der Waals surface area contributed by atoms with Crippen molar-refractivity contribution in [2.75, 3.05) is 13.2 Å². The van der Waals surface area contributed by atoms with Gasteiger partial charge in [0.2, 0.25) is 0 Å². The van der Waals surface area contributed by atoms with E-state index in [1.807, 2.05) is 0 Å². The second-order valence-corrected chi connectivity index (χ2v) is 4.47. The van der Waals surface area contributed by atoms with Gasteiger partial charge in [-0.15, -0.1) is 0 Å². The van der Waals surface area contributed by atoms with Gasteiger partial charge in [-0.3, -0.25) is 0 Å². The molecule has 0 atom stereocenters. The summed E-state index contributed by atoms with van der Waals surface area (Å²) >= 11 is 0. The molecule has 0 saturated heterocycles. The van der Waals surface area contributed by atoms with Crippen molar-refractivity contribution < 1.29 is 4.74 Å². The Bertz CT molecular complexity index is 122. The van der Waals surface area contributed by atoms with E-state index < -0.39 is 0 Å². The normalized spacial score (nSPS) is 19.8. The molecule has 1 rings (SSSR count). The summed E-state index contributed by atoms with van der Waals surface area (Å²) in [6.07, 6.45) is 9.39. The van der Waals surface area contributed by atoms with Gasteiger partial charge in [-0.05, 0) is 31.1 Å². The molecule has 1 fully saturated rings. The van der Waals surface area contributed by atoms with Gasteiger partial charge in [0.15, 0.2) is 0 Å². The summed E-state index contributed by atoms with van der Waals surface area (Å²) in [7, 11) is 0. The summed E-state index contributed by atoms with van der Waals surface area (Å²) in [4.78, 5) is 0. The molecule has 0 spiro atoms. The van der Waals surface area contributed by atoms with Crippen LogP contribution < -0.4 is 0 Å². The van der Waals surface area contributed by atoms with E-state index in [1.54, 1.807) is 0 Å². The van der Waals surface area contributed by atoms with Crippen LogP contribution >= 0.6 is 0 Å². The first kappa shape index (κ1) is 11.0. The molecule has 1 aliphatic carbocycles. The zero-order chi connectivity index (χ0) is 9.57. The van der Waals surface area contributed by atoms with Gasteiger partial charge in [0, 0.05) is 6.61 Å². The predicted octanol–water partition coefficient (Wildman–Crippen LogP) is 3.77. The fraction of sp³-hybridized carbons (Fsp3) is 1.00. The Labute approximate surface area is 82.9 Å². The first-order valence-corrected chi connectivity index (χ1v) is 5.91. The average molecular weight is 184 g/mol. The minimum atomic E-state index is 0.589. The van der Waals surface area contributed by atoms with Crippen LogP contribution in [0.5, 0.6) is 0 Å². The third-order valence-electron chi connectivity index (χ3n) is 3.46. The maximum absolute atomic E-state index is 5.73. The van der Waals surface area contributed by atoms with Crippen molar-refractivity contribution >= 4 is 0 Å². The lowest BCUT2D eigenvalue weighted by molar-refractivity contribution is -0.00988. The Hall–Kier alpha value is -0.0400. The Kier molecular flexibility index (Phi) is 4.79. The van der Waals surface area contributed by atoms with Crippen LogP contribution in [0.2, 0.25) is 0 Å². The van der Waals surface area contributed by atoms with Gasteiger partial charge in [0.1, 0.15) is 0 Å². The fourth-order valence-corrected chi connectivity index (χ4v) is 2.02. The minimum Gasteiger partial charge on any atom is -0.381 e. The van der Waals surface area contributed by atoms with E-state index >= 15 is 0 Å². The quantitative estimate of drug-likeness (QED) is 0.547. The monoisotopic (exact) mass is 184 g/mol. The van der Waals surface area contributed by atoms with E-state index in [9.17, 15) is 0 Å². The zero-order valence-corrected chi connectivity index (χ0v) is 9.27. The van der Waals surface area contributed by atoms with Gasteiger partial charge in [-0.1, -0.05) is 33.1 Å². The lowest BCUT2D eigenvalue weighted by Gasteiger charge is -2.40. The second-order valence-electron chi connectivity index (χ2n) is 4.47. The molecule has 1 heteroatoms. The summed E-state index contributed by atoms with van der Waals surface area (Å²) in [6, 6.07) is 0. The predicted molar refractivity (Wildman–Crippen MR) is 56.9 cm³/mol. The van der Waals surface area contributed by atoms with Crippen LogP contribution in [0.15, 0.2) is 0 Å². The third kappa shape index (κ3) is 3.30. The SMILES string of the molecule is CCCCCOCC1(CC)CCC1. The largest absolute Gasteiger partial charge is 0.381 e. The van der Waals surface area contributed by atoms with Crippen molar-refractivity contribution in [3.05, 3.63) is 0 Å². The molecule has 0 aliphatic heterocycles. The van der Waals surface area contributed by atoms with Gasteiger partial charge in [-0.25, -0.2) is 0 Å². The summed E-state index contributed by atoms with van der Waals surface area (Å²) in [6.45, 7) is 6.54. The highest BCUT2D eigenvalue weighted by molar-refractivity contribution is 4.86. The molecule has 0 bridgehead atoms. The Morgan fingerprint density at radius 2 is 1.92 bits per heavy atom. The van der Waals surface area contributed by atoms with Crippen molar-refractivity contribution in [3.63, 3.8) is 0 Å². The molecule has 0 N–H and O–H groups in total. The smallest absolute Gasteiger partial charge is 0.0522 e. The minimum absolute atomic E-state index is 0.589. The van der Waals surface area contributed by atoms with Crippen LogP contribution in [0.4, 0.5) is 0 Å². The summed E-state index contributed by atoms with van der Waals surface area (Å²) in [5, 5.41) is 0. The Balaban J connectivity index is 1.98. The first-order valence-electron chi connectivity index (χ1n) is 5.91. The fourth-order valence-electron chi connectivity index (χ4n) is 2.02. The number of hydrogen-bond acceptors (Lipinski definition) is 1. The highest BCUT2D eigenvalue weighted by Gasteiger charge is 2.34. The van der Waals surface area contributed by atoms with Gasteiger partial charge >= 0.3 is 0 Å². The average Bonchev–Trinajstić information content (AvgIpc) is 2.09. The highest BCUT2D eigenvalue weighted by atomic mass is 16.5. The highest BCUT2D eigenvalue weighted by Crippen LogP contribution is 2.43. The lowest BCUT2D eigenvalue weighted by atomic mass is 9.68. The number of hydrogen-bond donors (Lipinski definition) is 0. The Morgan fingerprint density at radius 1 is 1.15 bits per heavy atom. The molecule has 0 unspecified atom stereocenters. The molecule has 1 nitrogen and oxygen atoms in total. The topological polar surface area (TPSA) is 9.23 Å². The van der Waals surface area contributed by atoms with Gasteiger partial charge < -0.3 is 4.74 Å². The van der Waals surface area contributed by atoms with Crippen molar-refractivity contribution in [1.29, 1.82) is 0 Å². The molecule has 13 heavy (non-hydrogen) atoms. The van der Waals surface area contributed by atoms with Crippen LogP contribution in [0.1, 0.15) is 58.8 Å². The summed E-state index contributed by atoms with van der Waals surface area (Å²) in [5.74, 6) is 0. The molecule has 0 aromatic carbocycles. The molecule has 0 aromatic heterocycles. The van der Waals surface area contributed by atoms with E-state index in [0.717, 1.165) is 13.2 Å². The second kappa shape index (κ2) is 5.64. The number of rotatable bonds is 7. The van der Waals surface area contributed by atoms with E-state index in [0.29, 0.717) is 5.41 Å². The van der Waals surface area contributed by atoms with Crippen LogP contribution in [-0.4, -0.2) is 13.2 Å². The van der Waals surface area contributed by atoms with Gasteiger partial charge in [0.05, 0.1) is 6.61 Å². The van der Waals surface area contributed by atoms with E-state index in [1.165, 1.54) is 44.9 Å². The zero-order valence-electron chi connectivity index (χ0n) is 9.27. The van der Waals surface area contributed by atoms with E-state index in [4.69, 9.17) is 4.74 Å². The first-order chi connectivity index (χ1) is 6.33. The molecule has 0 amide bonds. The standard InChI is InChI=1S/C12H24O/c1-3-5-6-10-13-11-12(4-2)8-7-9-12/h3-11H2,1-2H3. The van der Waals surface area contributed by atoms with Gasteiger partial charge in [0.25, 0.3) is 0 Å². The van der Waals surface area contributed by atoms with Crippen LogP contribution in [0.25, 0.3) is 0 Å². The number of unbranched alkanes of at least 4 members (excludes halogenated alkanes) is 2.